The van der Waals surface area contributed by atoms with E-state index in [2.05, 4.69) is 17.0 Å². The lowest BCUT2D eigenvalue weighted by Gasteiger charge is -2.50. The molecule has 23 heavy (non-hydrogen) atoms. The van der Waals surface area contributed by atoms with Crippen molar-refractivity contribution in [1.82, 2.24) is 4.90 Å². The smallest absolute Gasteiger partial charge is 0.231 e. The average Bonchev–Trinajstić information content (AvgIpc) is 3.02. The van der Waals surface area contributed by atoms with Crippen LogP contribution in [0.4, 0.5) is 0 Å². The highest BCUT2D eigenvalue weighted by Gasteiger charge is 2.45. The molecule has 4 rings (SSSR count). The minimum absolute atomic E-state index is 0.154. The predicted molar refractivity (Wildman–Crippen MR) is 85.7 cm³/mol. The molecule has 0 spiro atoms. The van der Waals surface area contributed by atoms with E-state index in [0.717, 1.165) is 57.2 Å². The van der Waals surface area contributed by atoms with E-state index >= 15 is 0 Å². The highest BCUT2D eigenvalue weighted by molar-refractivity contribution is 5.44. The zero-order valence-electron chi connectivity index (χ0n) is 13.8. The first-order valence-electron chi connectivity index (χ1n) is 8.50. The Hall–Kier alpha value is -1.30. The lowest BCUT2D eigenvalue weighted by Crippen LogP contribution is -2.56. The van der Waals surface area contributed by atoms with Crippen LogP contribution in [0.25, 0.3) is 0 Å². The first kappa shape index (κ1) is 15.2. The Balaban J connectivity index is 1.47. The third kappa shape index (κ3) is 2.93. The molecule has 0 N–H and O–H groups in total. The van der Waals surface area contributed by atoms with Gasteiger partial charge in [-0.2, -0.15) is 0 Å². The lowest BCUT2D eigenvalue weighted by molar-refractivity contribution is -0.149. The number of hydrogen-bond acceptors (Lipinski definition) is 5. The Kier molecular flexibility index (Phi) is 4.18. The molecule has 3 aliphatic heterocycles. The second-order valence-electron chi connectivity index (χ2n) is 6.95. The Morgan fingerprint density at radius 2 is 2.22 bits per heavy atom. The Morgan fingerprint density at radius 1 is 1.30 bits per heavy atom. The maximum atomic E-state index is 6.05. The van der Waals surface area contributed by atoms with Gasteiger partial charge in [0.2, 0.25) is 6.79 Å². The van der Waals surface area contributed by atoms with E-state index in [9.17, 15) is 0 Å². The van der Waals surface area contributed by atoms with Crippen molar-refractivity contribution in [3.05, 3.63) is 23.8 Å². The van der Waals surface area contributed by atoms with Gasteiger partial charge < -0.3 is 18.9 Å². The molecule has 3 heterocycles. The standard InChI is InChI=1S/C18H25NO4/c1-20-12-18-6-2-8-21-17(18)5-7-19(11-18)10-14-3-4-15-16(9-14)23-13-22-15/h3-4,9,17H,2,5-8,10-13H2,1H3/t17-,18+/m1/s1. The van der Waals surface area contributed by atoms with Gasteiger partial charge in [-0.05, 0) is 37.0 Å². The molecule has 1 aromatic carbocycles. The van der Waals surface area contributed by atoms with Crippen LogP contribution in [-0.2, 0) is 16.0 Å². The van der Waals surface area contributed by atoms with Gasteiger partial charge >= 0.3 is 0 Å². The summed E-state index contributed by atoms with van der Waals surface area (Å²) in [4.78, 5) is 2.53. The molecule has 1 aromatic rings. The van der Waals surface area contributed by atoms with E-state index in [0.29, 0.717) is 12.9 Å². The predicted octanol–water partition coefficient (Wildman–Crippen LogP) is 2.43. The minimum Gasteiger partial charge on any atom is -0.454 e. The molecule has 2 saturated heterocycles. The summed E-state index contributed by atoms with van der Waals surface area (Å²) >= 11 is 0. The molecule has 5 nitrogen and oxygen atoms in total. The van der Waals surface area contributed by atoms with Gasteiger partial charge in [-0.15, -0.1) is 0 Å². The van der Waals surface area contributed by atoms with Crippen LogP contribution in [-0.4, -0.2) is 51.2 Å². The van der Waals surface area contributed by atoms with Crippen molar-refractivity contribution in [3.63, 3.8) is 0 Å². The van der Waals surface area contributed by atoms with Crippen LogP contribution in [0, 0.1) is 5.41 Å². The Morgan fingerprint density at radius 3 is 3.13 bits per heavy atom. The summed E-state index contributed by atoms with van der Waals surface area (Å²) in [7, 11) is 1.80. The van der Waals surface area contributed by atoms with Crippen molar-refractivity contribution in [3.8, 4) is 11.5 Å². The maximum Gasteiger partial charge on any atom is 0.231 e. The van der Waals surface area contributed by atoms with Crippen LogP contribution in [0.15, 0.2) is 18.2 Å². The van der Waals surface area contributed by atoms with Gasteiger partial charge in [-0.25, -0.2) is 0 Å². The first-order chi connectivity index (χ1) is 11.3. The quantitative estimate of drug-likeness (QED) is 0.852. The average molecular weight is 319 g/mol. The molecular formula is C18H25NO4. The molecule has 5 heteroatoms. The fourth-order valence-electron chi connectivity index (χ4n) is 4.31. The van der Waals surface area contributed by atoms with Crippen LogP contribution >= 0.6 is 0 Å². The maximum absolute atomic E-state index is 6.05. The van der Waals surface area contributed by atoms with E-state index < -0.39 is 0 Å². The van der Waals surface area contributed by atoms with Crippen molar-refractivity contribution in [1.29, 1.82) is 0 Å². The monoisotopic (exact) mass is 319 g/mol. The molecule has 2 atom stereocenters. The van der Waals surface area contributed by atoms with Crippen molar-refractivity contribution in [2.45, 2.75) is 31.9 Å². The summed E-state index contributed by atoms with van der Waals surface area (Å²) in [5.74, 6) is 1.72. The summed E-state index contributed by atoms with van der Waals surface area (Å²) in [6.45, 7) is 5.07. The second kappa shape index (κ2) is 6.30. The van der Waals surface area contributed by atoms with Gasteiger partial charge in [0.25, 0.3) is 0 Å². The summed E-state index contributed by atoms with van der Waals surface area (Å²) in [6.07, 6.45) is 3.78. The van der Waals surface area contributed by atoms with Gasteiger partial charge in [-0.3, -0.25) is 4.90 Å². The van der Waals surface area contributed by atoms with E-state index in [1.54, 1.807) is 7.11 Å². The number of rotatable bonds is 4. The number of methoxy groups -OCH3 is 1. The normalized spacial score (nSPS) is 30.2. The topological polar surface area (TPSA) is 40.2 Å². The Labute approximate surface area is 137 Å². The number of benzene rings is 1. The van der Waals surface area contributed by atoms with Gasteiger partial charge in [-0.1, -0.05) is 6.07 Å². The van der Waals surface area contributed by atoms with Crippen molar-refractivity contribution in [2.24, 2.45) is 5.41 Å². The molecule has 0 unspecified atom stereocenters. The highest BCUT2D eigenvalue weighted by Crippen LogP contribution is 2.41. The lowest BCUT2D eigenvalue weighted by atomic mass is 9.73. The molecule has 126 valence electrons. The molecule has 2 fully saturated rings. The van der Waals surface area contributed by atoms with Crippen LogP contribution in [0.2, 0.25) is 0 Å². The van der Waals surface area contributed by atoms with Crippen LogP contribution in [0.3, 0.4) is 0 Å². The fraction of sp³-hybridized carbons (Fsp3) is 0.667. The zero-order valence-corrected chi connectivity index (χ0v) is 13.8. The summed E-state index contributed by atoms with van der Waals surface area (Å²) in [5.41, 5.74) is 1.43. The van der Waals surface area contributed by atoms with Crippen molar-refractivity contribution in [2.75, 3.05) is 40.2 Å². The molecular weight excluding hydrogens is 294 g/mol. The summed E-state index contributed by atoms with van der Waals surface area (Å²) < 4.78 is 22.5. The largest absolute Gasteiger partial charge is 0.454 e. The number of hydrogen-bond donors (Lipinski definition) is 0. The van der Waals surface area contributed by atoms with Crippen LogP contribution < -0.4 is 9.47 Å². The number of fused-ring (bicyclic) bond motifs is 2. The van der Waals surface area contributed by atoms with E-state index in [1.807, 2.05) is 6.07 Å². The SMILES string of the molecule is COC[C@@]12CCCO[C@@H]1CCN(Cc1ccc3c(c1)OCO3)C2. The molecule has 0 aromatic heterocycles. The first-order valence-corrected chi connectivity index (χ1v) is 8.50. The molecule has 0 saturated carbocycles. The third-order valence-corrected chi connectivity index (χ3v) is 5.34. The molecule has 3 aliphatic rings. The van der Waals surface area contributed by atoms with Gasteiger partial charge in [0.15, 0.2) is 11.5 Å². The zero-order chi connectivity index (χ0) is 15.7. The summed E-state index contributed by atoms with van der Waals surface area (Å²) in [6, 6.07) is 6.26. The number of ether oxygens (including phenoxy) is 4. The molecule has 0 amide bonds. The van der Waals surface area contributed by atoms with Gasteiger partial charge in [0.1, 0.15) is 0 Å². The van der Waals surface area contributed by atoms with Crippen molar-refractivity contribution < 1.29 is 18.9 Å². The van der Waals surface area contributed by atoms with Gasteiger partial charge in [0, 0.05) is 38.8 Å². The Bertz CT molecular complexity index is 560. The van der Waals surface area contributed by atoms with Crippen LogP contribution in [0.1, 0.15) is 24.8 Å². The molecule has 0 radical (unpaired) electrons. The molecule has 0 aliphatic carbocycles. The fourth-order valence-corrected chi connectivity index (χ4v) is 4.31. The minimum atomic E-state index is 0.154. The van der Waals surface area contributed by atoms with E-state index in [-0.39, 0.29) is 5.41 Å². The number of nitrogens with zero attached hydrogens (tertiary/aromatic N) is 1. The van der Waals surface area contributed by atoms with Gasteiger partial charge in [0.05, 0.1) is 12.7 Å². The number of likely N-dealkylation sites (tertiary alicyclic amines) is 1. The highest BCUT2D eigenvalue weighted by atomic mass is 16.7. The van der Waals surface area contributed by atoms with Crippen LogP contribution in [0.5, 0.6) is 11.5 Å². The van der Waals surface area contributed by atoms with E-state index in [1.165, 1.54) is 12.0 Å². The van der Waals surface area contributed by atoms with E-state index in [4.69, 9.17) is 18.9 Å². The number of piperidine rings is 1. The molecule has 0 bridgehead atoms. The third-order valence-electron chi connectivity index (χ3n) is 5.34. The second-order valence-corrected chi connectivity index (χ2v) is 6.95. The summed E-state index contributed by atoms with van der Waals surface area (Å²) in [5, 5.41) is 0. The van der Waals surface area contributed by atoms with Crippen molar-refractivity contribution >= 4 is 0 Å².